The van der Waals surface area contributed by atoms with Crippen LogP contribution in [0.15, 0.2) is 0 Å². The third-order valence-corrected chi connectivity index (χ3v) is 1.46. The number of rotatable bonds is 5. The highest BCUT2D eigenvalue weighted by Crippen LogP contribution is 2.03. The topological polar surface area (TPSA) is 132 Å². The molecule has 8 nitrogen and oxygen atoms in total. The SMILES string of the molecule is CCCCCCCC.O=[N+]([O-])[O-].O=[N+]([O-])[O-]. The predicted molar refractivity (Wildman–Crippen MR) is 59.8 cm³/mol. The lowest BCUT2D eigenvalue weighted by atomic mass is 10.1. The molecule has 0 bridgehead atoms. The molecule has 0 saturated carbocycles. The van der Waals surface area contributed by atoms with Crippen molar-refractivity contribution in [2.24, 2.45) is 0 Å². The zero-order chi connectivity index (χ0) is 13.4. The van der Waals surface area contributed by atoms with Gasteiger partial charge in [0.25, 0.3) is 0 Å². The van der Waals surface area contributed by atoms with Crippen LogP contribution in [-0.4, -0.2) is 10.2 Å². The molecular formula is C8H18N2O6-2. The minimum Gasteiger partial charge on any atom is -0.356 e. The fraction of sp³-hybridized carbons (Fsp3) is 1.00. The van der Waals surface area contributed by atoms with E-state index < -0.39 is 10.2 Å². The van der Waals surface area contributed by atoms with E-state index in [2.05, 4.69) is 13.8 Å². The van der Waals surface area contributed by atoms with Crippen molar-refractivity contribution < 1.29 is 10.2 Å². The lowest BCUT2D eigenvalue weighted by Gasteiger charge is -1.93. The van der Waals surface area contributed by atoms with Gasteiger partial charge in [0.2, 0.25) is 0 Å². The summed E-state index contributed by atoms with van der Waals surface area (Å²) in [5.41, 5.74) is 0. The van der Waals surface area contributed by atoms with Crippen LogP contribution >= 0.6 is 0 Å². The van der Waals surface area contributed by atoms with Gasteiger partial charge in [0.1, 0.15) is 0 Å². The van der Waals surface area contributed by atoms with E-state index in [4.69, 9.17) is 30.6 Å². The Labute approximate surface area is 94.1 Å². The first kappa shape index (κ1) is 19.9. The summed E-state index contributed by atoms with van der Waals surface area (Å²) >= 11 is 0. The van der Waals surface area contributed by atoms with Gasteiger partial charge in [-0.15, -0.1) is 0 Å². The highest BCUT2D eigenvalue weighted by atomic mass is 16.9. The number of unbranched alkanes of at least 4 members (excludes halogenated alkanes) is 5. The van der Waals surface area contributed by atoms with Crippen molar-refractivity contribution in [3.63, 3.8) is 0 Å². The van der Waals surface area contributed by atoms with Crippen molar-refractivity contribution in [1.29, 1.82) is 0 Å². The smallest absolute Gasteiger partial charge is 0.0689 e. The molecule has 0 unspecified atom stereocenters. The molecule has 16 heavy (non-hydrogen) atoms. The fourth-order valence-corrected chi connectivity index (χ4v) is 0.854. The van der Waals surface area contributed by atoms with Crippen molar-refractivity contribution in [2.75, 3.05) is 0 Å². The number of hydrogen-bond donors (Lipinski definition) is 0. The van der Waals surface area contributed by atoms with E-state index in [9.17, 15) is 0 Å². The molecule has 0 atom stereocenters. The average molecular weight is 238 g/mol. The van der Waals surface area contributed by atoms with E-state index in [0.717, 1.165) is 0 Å². The van der Waals surface area contributed by atoms with Gasteiger partial charge >= 0.3 is 0 Å². The van der Waals surface area contributed by atoms with Crippen molar-refractivity contribution in [3.8, 4) is 0 Å². The van der Waals surface area contributed by atoms with E-state index in [1.165, 1.54) is 38.5 Å². The third-order valence-electron chi connectivity index (χ3n) is 1.46. The van der Waals surface area contributed by atoms with Crippen LogP contribution in [0.4, 0.5) is 0 Å². The summed E-state index contributed by atoms with van der Waals surface area (Å²) in [6.45, 7) is 4.51. The highest BCUT2D eigenvalue weighted by Gasteiger charge is 1.83. The summed E-state index contributed by atoms with van der Waals surface area (Å²) in [6, 6.07) is 0. The second kappa shape index (κ2) is 19.0. The quantitative estimate of drug-likeness (QED) is 0.410. The van der Waals surface area contributed by atoms with Gasteiger partial charge in [-0.05, 0) is 0 Å². The van der Waals surface area contributed by atoms with E-state index in [-0.39, 0.29) is 0 Å². The van der Waals surface area contributed by atoms with Crippen LogP contribution < -0.4 is 0 Å². The Morgan fingerprint density at radius 1 is 0.688 bits per heavy atom. The molecule has 0 aromatic heterocycles. The van der Waals surface area contributed by atoms with Crippen molar-refractivity contribution in [2.45, 2.75) is 52.4 Å². The van der Waals surface area contributed by atoms with E-state index >= 15 is 0 Å². The molecule has 0 aliphatic heterocycles. The molecule has 0 aliphatic rings. The van der Waals surface area contributed by atoms with Crippen LogP contribution in [0.5, 0.6) is 0 Å². The molecule has 98 valence electrons. The second-order valence-corrected chi connectivity index (χ2v) is 2.86. The first-order chi connectivity index (χ1) is 7.38. The minimum absolute atomic E-state index is 1.36. The van der Waals surface area contributed by atoms with Crippen molar-refractivity contribution in [1.82, 2.24) is 0 Å². The summed E-state index contributed by atoms with van der Waals surface area (Å²) in [6.07, 6.45) is 8.49. The Bertz CT molecular complexity index is 139. The van der Waals surface area contributed by atoms with Crippen LogP contribution in [0.3, 0.4) is 0 Å². The lowest BCUT2D eigenvalue weighted by Crippen LogP contribution is -1.74. The van der Waals surface area contributed by atoms with Crippen LogP contribution in [0.1, 0.15) is 52.4 Å². The minimum atomic E-state index is -1.75. The molecule has 0 saturated heterocycles. The normalized spacial score (nSPS) is 7.88. The maximum Gasteiger partial charge on any atom is 0.0689 e. The molecule has 0 fully saturated rings. The average Bonchev–Trinajstić information content (AvgIpc) is 2.11. The zero-order valence-corrected chi connectivity index (χ0v) is 9.59. The fourth-order valence-electron chi connectivity index (χ4n) is 0.854. The van der Waals surface area contributed by atoms with Crippen LogP contribution in [0.2, 0.25) is 0 Å². The Kier molecular flexibility index (Phi) is 23.7. The summed E-state index contributed by atoms with van der Waals surface area (Å²) in [7, 11) is 0. The van der Waals surface area contributed by atoms with Gasteiger partial charge in [-0.3, -0.25) is 0 Å². The summed E-state index contributed by atoms with van der Waals surface area (Å²) in [4.78, 5) is 16.5. The Morgan fingerprint density at radius 2 is 0.875 bits per heavy atom. The highest BCUT2D eigenvalue weighted by molar-refractivity contribution is 4.39. The summed E-state index contributed by atoms with van der Waals surface area (Å²) < 4.78 is 0. The van der Waals surface area contributed by atoms with E-state index in [0.29, 0.717) is 0 Å². The van der Waals surface area contributed by atoms with Gasteiger partial charge in [0, 0.05) is 0 Å². The second-order valence-electron chi connectivity index (χ2n) is 2.86. The molecule has 8 heteroatoms. The largest absolute Gasteiger partial charge is 0.356 e. The van der Waals surface area contributed by atoms with Gasteiger partial charge < -0.3 is 30.6 Å². The number of nitrogens with zero attached hydrogens (tertiary/aromatic N) is 2. The molecule has 0 aromatic carbocycles. The maximum atomic E-state index is 8.25. The van der Waals surface area contributed by atoms with Crippen LogP contribution in [0, 0.1) is 30.6 Å². The Hall–Kier alpha value is -1.60. The predicted octanol–water partition coefficient (Wildman–Crippen LogP) is 2.89. The summed E-state index contributed by atoms with van der Waals surface area (Å²) in [5.74, 6) is 0. The lowest BCUT2D eigenvalue weighted by molar-refractivity contribution is -0.403. The molecule has 0 aromatic rings. The van der Waals surface area contributed by atoms with Gasteiger partial charge in [-0.25, -0.2) is 0 Å². The molecule has 0 heterocycles. The third kappa shape index (κ3) is 139. The number of hydrogen-bond acceptors (Lipinski definition) is 6. The van der Waals surface area contributed by atoms with Gasteiger partial charge in [-0.2, -0.15) is 0 Å². The monoisotopic (exact) mass is 238 g/mol. The maximum absolute atomic E-state index is 8.25. The van der Waals surface area contributed by atoms with E-state index in [1.807, 2.05) is 0 Å². The molecule has 0 aliphatic carbocycles. The molecule has 0 radical (unpaired) electrons. The summed E-state index contributed by atoms with van der Waals surface area (Å²) in [5, 5.41) is 29.5. The molecular weight excluding hydrogens is 220 g/mol. The molecule has 0 amide bonds. The van der Waals surface area contributed by atoms with Gasteiger partial charge in [0.15, 0.2) is 0 Å². The standard InChI is InChI=1S/C8H18.2NO3/c1-3-5-7-8-6-4-2;2*2-1(3)4/h3-8H2,1-2H3;;/q;2*-1. The van der Waals surface area contributed by atoms with Gasteiger partial charge in [-0.1, -0.05) is 52.4 Å². The van der Waals surface area contributed by atoms with E-state index in [1.54, 1.807) is 0 Å². The molecule has 0 rings (SSSR count). The Morgan fingerprint density at radius 3 is 1.00 bits per heavy atom. The molecule has 0 N–H and O–H groups in total. The van der Waals surface area contributed by atoms with Crippen LogP contribution in [-0.2, 0) is 0 Å². The molecule has 0 spiro atoms. The Balaban J connectivity index is -0.000000179. The first-order valence-electron chi connectivity index (χ1n) is 5.01. The first-order valence-corrected chi connectivity index (χ1v) is 5.01. The van der Waals surface area contributed by atoms with Crippen molar-refractivity contribution >= 4 is 0 Å². The van der Waals surface area contributed by atoms with Crippen LogP contribution in [0.25, 0.3) is 0 Å². The van der Waals surface area contributed by atoms with Gasteiger partial charge in [0.05, 0.1) is 10.2 Å². The zero-order valence-electron chi connectivity index (χ0n) is 9.59. The van der Waals surface area contributed by atoms with Crippen molar-refractivity contribution in [3.05, 3.63) is 30.6 Å².